The molecule has 1 aliphatic rings. The van der Waals surface area contributed by atoms with Gasteiger partial charge in [0, 0.05) is 13.0 Å². The quantitative estimate of drug-likeness (QED) is 0.646. The molecule has 1 saturated heterocycles. The molecule has 0 bridgehead atoms. The summed E-state index contributed by atoms with van der Waals surface area (Å²) in [4.78, 5) is 12.2. The maximum Gasteiger partial charge on any atom is 0.408 e. The Morgan fingerprint density at radius 3 is 2.71 bits per heavy atom. The van der Waals surface area contributed by atoms with Crippen LogP contribution in [0.15, 0.2) is 0 Å². The Hall–Kier alpha value is -0.740. The van der Waals surface area contributed by atoms with Gasteiger partial charge >= 0.3 is 6.18 Å². The zero-order valence-corrected chi connectivity index (χ0v) is 7.97. The topological polar surface area (TPSA) is 20.3 Å². The zero-order chi connectivity index (χ0) is 10.8. The number of carbonyl (C=O) groups excluding carboxylic acids is 1. The van der Waals surface area contributed by atoms with Crippen molar-refractivity contribution < 1.29 is 18.0 Å². The fraction of sp³-hybridized carbons (Fsp3) is 0.778. The van der Waals surface area contributed by atoms with Crippen molar-refractivity contribution in [1.82, 2.24) is 4.90 Å². The predicted molar refractivity (Wildman–Crippen MR) is 45.4 cm³/mol. The monoisotopic (exact) mass is 208 g/mol. The maximum absolute atomic E-state index is 12.5. The van der Waals surface area contributed by atoms with Crippen molar-refractivity contribution in [3.05, 3.63) is 6.42 Å². The Bertz CT molecular complexity index is 215. The molecular weight excluding hydrogens is 195 g/mol. The van der Waals surface area contributed by atoms with Gasteiger partial charge in [0.15, 0.2) is 0 Å². The van der Waals surface area contributed by atoms with Gasteiger partial charge in [-0.25, -0.2) is 0 Å². The number of hydrogen-bond donors (Lipinski definition) is 0. The zero-order valence-electron chi connectivity index (χ0n) is 7.97. The van der Waals surface area contributed by atoms with Crippen molar-refractivity contribution in [2.75, 3.05) is 6.54 Å². The van der Waals surface area contributed by atoms with Crippen LogP contribution in [0, 0.1) is 6.42 Å². The lowest BCUT2D eigenvalue weighted by atomic mass is 10.0. The lowest BCUT2D eigenvalue weighted by Gasteiger charge is -2.36. The van der Waals surface area contributed by atoms with Crippen molar-refractivity contribution in [3.8, 4) is 0 Å². The van der Waals surface area contributed by atoms with Crippen LogP contribution in [0.5, 0.6) is 0 Å². The number of rotatable bonds is 1. The summed E-state index contributed by atoms with van der Waals surface area (Å²) in [6.45, 7) is 1.70. The van der Waals surface area contributed by atoms with E-state index in [0.717, 1.165) is 4.90 Å². The summed E-state index contributed by atoms with van der Waals surface area (Å²) in [5.74, 6) is -0.428. The van der Waals surface area contributed by atoms with Gasteiger partial charge in [0.05, 0.1) is 0 Å². The molecule has 1 radical (unpaired) electrons. The van der Waals surface area contributed by atoms with Gasteiger partial charge in [0.2, 0.25) is 5.91 Å². The van der Waals surface area contributed by atoms with Gasteiger partial charge in [0.1, 0.15) is 6.04 Å². The van der Waals surface area contributed by atoms with Crippen molar-refractivity contribution in [2.24, 2.45) is 0 Å². The third-order valence-corrected chi connectivity index (χ3v) is 2.35. The van der Waals surface area contributed by atoms with Crippen LogP contribution in [-0.2, 0) is 4.79 Å². The van der Waals surface area contributed by atoms with Gasteiger partial charge in [0.25, 0.3) is 0 Å². The lowest BCUT2D eigenvalue weighted by Crippen LogP contribution is -2.51. The number of carbonyl (C=O) groups is 1. The largest absolute Gasteiger partial charge is 0.408 e. The molecule has 1 atom stereocenters. The number of halogens is 3. The summed E-state index contributed by atoms with van der Waals surface area (Å²) in [6, 6.07) is -1.58. The van der Waals surface area contributed by atoms with Crippen molar-refractivity contribution >= 4 is 5.91 Å². The van der Waals surface area contributed by atoms with Gasteiger partial charge in [-0.1, -0.05) is 6.92 Å². The van der Waals surface area contributed by atoms with Gasteiger partial charge in [-0.2, -0.15) is 13.2 Å². The van der Waals surface area contributed by atoms with E-state index in [2.05, 4.69) is 0 Å². The Kier molecular flexibility index (Phi) is 3.39. The third kappa shape index (κ3) is 2.39. The van der Waals surface area contributed by atoms with Crippen LogP contribution < -0.4 is 0 Å². The number of piperidine rings is 1. The smallest absolute Gasteiger partial charge is 0.330 e. The highest BCUT2D eigenvalue weighted by Crippen LogP contribution is 2.31. The Balaban J connectivity index is 2.74. The predicted octanol–water partition coefficient (Wildman–Crippen LogP) is 2.15. The van der Waals surface area contributed by atoms with Crippen LogP contribution >= 0.6 is 0 Å². The molecule has 0 aromatic rings. The van der Waals surface area contributed by atoms with E-state index < -0.39 is 18.1 Å². The number of likely N-dealkylation sites (tertiary alicyclic amines) is 1. The third-order valence-electron chi connectivity index (χ3n) is 2.35. The second-order valence-corrected chi connectivity index (χ2v) is 3.32. The van der Waals surface area contributed by atoms with Gasteiger partial charge in [-0.15, -0.1) is 0 Å². The second kappa shape index (κ2) is 4.19. The van der Waals surface area contributed by atoms with Gasteiger partial charge in [-0.05, 0) is 19.3 Å². The molecular formula is C9H13F3NO. The van der Waals surface area contributed by atoms with Gasteiger partial charge < -0.3 is 4.90 Å². The van der Waals surface area contributed by atoms with E-state index in [9.17, 15) is 18.0 Å². The minimum atomic E-state index is -4.29. The molecule has 1 aliphatic heterocycles. The summed E-state index contributed by atoms with van der Waals surface area (Å²) < 4.78 is 37.4. The van der Waals surface area contributed by atoms with Crippen LogP contribution in [-0.4, -0.2) is 29.6 Å². The first-order chi connectivity index (χ1) is 6.46. The Labute approximate surface area is 81.1 Å². The Morgan fingerprint density at radius 1 is 1.57 bits per heavy atom. The SMILES string of the molecule is CCC(=O)N1C[CH]CCC1C(F)(F)F. The number of amides is 1. The van der Waals surface area contributed by atoms with Gasteiger partial charge in [-0.3, -0.25) is 4.79 Å². The van der Waals surface area contributed by atoms with Crippen molar-refractivity contribution in [1.29, 1.82) is 0 Å². The summed E-state index contributed by atoms with van der Waals surface area (Å²) >= 11 is 0. The van der Waals surface area contributed by atoms with E-state index in [1.54, 1.807) is 13.3 Å². The highest BCUT2D eigenvalue weighted by Gasteiger charge is 2.45. The van der Waals surface area contributed by atoms with E-state index in [4.69, 9.17) is 0 Å². The standard InChI is InChI=1S/C9H13F3NO/c1-2-8(14)13-6-4-3-5-7(13)9(10,11)12/h4,7H,2-3,5-6H2,1H3. The molecule has 0 saturated carbocycles. The molecule has 1 fully saturated rings. The van der Waals surface area contributed by atoms with Crippen molar-refractivity contribution in [3.63, 3.8) is 0 Å². The number of hydrogen-bond acceptors (Lipinski definition) is 1. The van der Waals surface area contributed by atoms with Crippen LogP contribution in [0.3, 0.4) is 0 Å². The highest BCUT2D eigenvalue weighted by molar-refractivity contribution is 5.76. The molecule has 1 unspecified atom stereocenters. The second-order valence-electron chi connectivity index (χ2n) is 3.32. The Morgan fingerprint density at radius 2 is 2.21 bits per heavy atom. The first-order valence-electron chi connectivity index (χ1n) is 4.64. The average Bonchev–Trinajstić information content (AvgIpc) is 2.15. The minimum Gasteiger partial charge on any atom is -0.330 e. The molecule has 1 rings (SSSR count). The summed E-state index contributed by atoms with van der Waals surface area (Å²) in [6.07, 6.45) is -2.03. The van der Waals surface area contributed by atoms with E-state index in [0.29, 0.717) is 6.42 Å². The van der Waals surface area contributed by atoms with E-state index in [1.807, 2.05) is 0 Å². The van der Waals surface area contributed by atoms with Crippen LogP contribution in [0.25, 0.3) is 0 Å². The van der Waals surface area contributed by atoms with E-state index in [-0.39, 0.29) is 19.4 Å². The molecule has 5 heteroatoms. The first kappa shape index (κ1) is 11.3. The van der Waals surface area contributed by atoms with E-state index >= 15 is 0 Å². The van der Waals surface area contributed by atoms with E-state index in [1.165, 1.54) is 0 Å². The molecule has 0 N–H and O–H groups in total. The molecule has 1 amide bonds. The maximum atomic E-state index is 12.5. The number of nitrogens with zero attached hydrogens (tertiary/aromatic N) is 1. The highest BCUT2D eigenvalue weighted by atomic mass is 19.4. The lowest BCUT2D eigenvalue weighted by molar-refractivity contribution is -0.193. The molecule has 0 aromatic carbocycles. The normalized spacial score (nSPS) is 23.7. The molecule has 1 heterocycles. The summed E-state index contributed by atoms with van der Waals surface area (Å²) in [7, 11) is 0. The first-order valence-corrected chi connectivity index (χ1v) is 4.64. The van der Waals surface area contributed by atoms with Crippen LogP contribution in [0.1, 0.15) is 26.2 Å². The molecule has 0 aliphatic carbocycles. The number of alkyl halides is 3. The van der Waals surface area contributed by atoms with Crippen LogP contribution in [0.2, 0.25) is 0 Å². The average molecular weight is 208 g/mol. The van der Waals surface area contributed by atoms with Crippen LogP contribution in [0.4, 0.5) is 13.2 Å². The molecule has 2 nitrogen and oxygen atoms in total. The minimum absolute atomic E-state index is 0.00472. The fourth-order valence-electron chi connectivity index (χ4n) is 1.61. The fourth-order valence-corrected chi connectivity index (χ4v) is 1.61. The summed E-state index contributed by atoms with van der Waals surface area (Å²) in [5.41, 5.74) is 0. The molecule has 0 aromatic heterocycles. The molecule has 81 valence electrons. The molecule has 0 spiro atoms. The van der Waals surface area contributed by atoms with Crippen molar-refractivity contribution in [2.45, 2.75) is 38.4 Å². The summed E-state index contributed by atoms with van der Waals surface area (Å²) in [5, 5.41) is 0. The molecule has 14 heavy (non-hydrogen) atoms.